The fourth-order valence-electron chi connectivity index (χ4n) is 0.858. The summed E-state index contributed by atoms with van der Waals surface area (Å²) < 4.78 is 13.0. The van der Waals surface area contributed by atoms with Gasteiger partial charge in [-0.1, -0.05) is 18.2 Å². The lowest BCUT2D eigenvalue weighted by molar-refractivity contribution is 0.343. The molecule has 12 heavy (non-hydrogen) atoms. The average molecular weight is 167 g/mol. The predicted molar refractivity (Wildman–Crippen MR) is 46.9 cm³/mol. The topological polar surface area (TPSA) is 46.2 Å². The van der Waals surface area contributed by atoms with Gasteiger partial charge in [-0.15, -0.1) is 0 Å². The van der Waals surface area contributed by atoms with Crippen LogP contribution < -0.4 is 5.73 Å². The third-order valence-electron chi connectivity index (χ3n) is 1.43. The fraction of sp³-hybridized carbons (Fsp3) is 0.111. The van der Waals surface area contributed by atoms with E-state index in [0.717, 1.165) is 0 Å². The van der Waals surface area contributed by atoms with Crippen LogP contribution in [0.1, 0.15) is 5.56 Å². The zero-order valence-corrected chi connectivity index (χ0v) is 6.50. The van der Waals surface area contributed by atoms with Crippen LogP contribution in [0.5, 0.6) is 0 Å². The predicted octanol–water partition coefficient (Wildman–Crippen LogP) is 1.41. The Kier molecular flexibility index (Phi) is 2.82. The van der Waals surface area contributed by atoms with Gasteiger partial charge in [-0.25, -0.2) is 4.39 Å². The number of rotatable bonds is 2. The summed E-state index contributed by atoms with van der Waals surface area (Å²) in [6.07, 6.45) is 2.98. The number of aliphatic hydroxyl groups excluding tert-OH is 1. The molecule has 64 valence electrons. The van der Waals surface area contributed by atoms with Crippen molar-refractivity contribution < 1.29 is 9.50 Å². The smallest absolute Gasteiger partial charge is 0.132 e. The number of hydrogen-bond acceptors (Lipinski definition) is 2. The average Bonchev–Trinajstić information content (AvgIpc) is 2.03. The highest BCUT2D eigenvalue weighted by Crippen LogP contribution is 2.12. The lowest BCUT2D eigenvalue weighted by atomic mass is 10.2. The number of hydrogen-bond donors (Lipinski definition) is 2. The van der Waals surface area contributed by atoms with Gasteiger partial charge in [-0.05, 0) is 12.1 Å². The molecule has 0 unspecified atom stereocenters. The second-order valence-corrected chi connectivity index (χ2v) is 2.37. The minimum atomic E-state index is -0.375. The molecule has 0 saturated carbocycles. The molecule has 2 nitrogen and oxygen atoms in total. The summed E-state index contributed by atoms with van der Waals surface area (Å²) in [4.78, 5) is 0. The lowest BCUT2D eigenvalue weighted by Crippen LogP contribution is -1.88. The Bertz CT molecular complexity index is 297. The molecular weight excluding hydrogens is 157 g/mol. The van der Waals surface area contributed by atoms with Gasteiger partial charge in [0.2, 0.25) is 0 Å². The third kappa shape index (κ3) is 2.07. The summed E-state index contributed by atoms with van der Waals surface area (Å²) in [5.74, 6) is -0.375. The van der Waals surface area contributed by atoms with Crippen LogP contribution in [0.2, 0.25) is 0 Å². The summed E-state index contributed by atoms with van der Waals surface area (Å²) >= 11 is 0. The van der Waals surface area contributed by atoms with Crippen LogP contribution in [0.4, 0.5) is 10.1 Å². The van der Waals surface area contributed by atoms with Crippen molar-refractivity contribution in [3.63, 3.8) is 0 Å². The minimum Gasteiger partial charge on any atom is -0.399 e. The van der Waals surface area contributed by atoms with Crippen LogP contribution in [0.25, 0.3) is 6.08 Å². The van der Waals surface area contributed by atoms with Crippen molar-refractivity contribution in [1.29, 1.82) is 0 Å². The van der Waals surface area contributed by atoms with E-state index >= 15 is 0 Å². The van der Waals surface area contributed by atoms with E-state index in [0.29, 0.717) is 11.3 Å². The van der Waals surface area contributed by atoms with Crippen LogP contribution in [0.3, 0.4) is 0 Å². The third-order valence-corrected chi connectivity index (χ3v) is 1.43. The van der Waals surface area contributed by atoms with Crippen LogP contribution in [0.15, 0.2) is 24.3 Å². The summed E-state index contributed by atoms with van der Waals surface area (Å²) in [5.41, 5.74) is 6.17. The molecule has 0 spiro atoms. The second-order valence-electron chi connectivity index (χ2n) is 2.37. The molecule has 0 amide bonds. The SMILES string of the molecule is Nc1ccc(C=CCO)c(F)c1. The maximum Gasteiger partial charge on any atom is 0.132 e. The zero-order valence-electron chi connectivity index (χ0n) is 6.50. The molecule has 0 saturated heterocycles. The number of nitrogen functional groups attached to an aromatic ring is 1. The summed E-state index contributed by atoms with van der Waals surface area (Å²) in [7, 11) is 0. The van der Waals surface area contributed by atoms with Gasteiger partial charge in [0.15, 0.2) is 0 Å². The van der Waals surface area contributed by atoms with Crippen LogP contribution in [0, 0.1) is 5.82 Å². The van der Waals surface area contributed by atoms with Crippen molar-refractivity contribution in [2.24, 2.45) is 0 Å². The molecule has 1 rings (SSSR count). The highest BCUT2D eigenvalue weighted by atomic mass is 19.1. The van der Waals surface area contributed by atoms with E-state index in [1.54, 1.807) is 12.1 Å². The Hall–Kier alpha value is -1.35. The Morgan fingerprint density at radius 1 is 1.50 bits per heavy atom. The molecule has 3 heteroatoms. The first-order chi connectivity index (χ1) is 5.74. The van der Waals surface area contributed by atoms with E-state index < -0.39 is 0 Å². The number of benzene rings is 1. The van der Waals surface area contributed by atoms with Crippen molar-refractivity contribution in [2.45, 2.75) is 0 Å². The van der Waals surface area contributed by atoms with Crippen molar-refractivity contribution in [3.8, 4) is 0 Å². The summed E-state index contributed by atoms with van der Waals surface area (Å²) in [6.45, 7) is -0.0934. The lowest BCUT2D eigenvalue weighted by Gasteiger charge is -1.97. The van der Waals surface area contributed by atoms with Crippen molar-refractivity contribution in [3.05, 3.63) is 35.7 Å². The fourth-order valence-corrected chi connectivity index (χ4v) is 0.858. The molecular formula is C9H10FNO. The van der Waals surface area contributed by atoms with Gasteiger partial charge < -0.3 is 10.8 Å². The van der Waals surface area contributed by atoms with Crippen LogP contribution in [-0.4, -0.2) is 11.7 Å². The minimum absolute atomic E-state index is 0.0934. The first-order valence-corrected chi connectivity index (χ1v) is 3.56. The molecule has 0 radical (unpaired) electrons. The summed E-state index contributed by atoms with van der Waals surface area (Å²) in [6, 6.07) is 4.42. The second kappa shape index (κ2) is 3.88. The molecule has 0 heterocycles. The molecule has 0 aliphatic heterocycles. The van der Waals surface area contributed by atoms with Gasteiger partial charge in [0, 0.05) is 11.3 Å². The van der Waals surface area contributed by atoms with E-state index in [4.69, 9.17) is 10.8 Å². The van der Waals surface area contributed by atoms with E-state index in [1.165, 1.54) is 18.2 Å². The normalized spacial score (nSPS) is 10.8. The maximum atomic E-state index is 13.0. The molecule has 0 bridgehead atoms. The molecule has 0 aliphatic carbocycles. The molecule has 0 fully saturated rings. The number of nitrogens with two attached hydrogens (primary N) is 1. The van der Waals surface area contributed by atoms with E-state index in [2.05, 4.69) is 0 Å². The Labute approximate surface area is 70.1 Å². The highest BCUT2D eigenvalue weighted by Gasteiger charge is 1.97. The standard InChI is InChI=1S/C9H10FNO/c10-9-6-8(11)4-3-7(9)2-1-5-12/h1-4,6,12H,5,11H2. The molecule has 1 aromatic rings. The van der Waals surface area contributed by atoms with Crippen LogP contribution in [-0.2, 0) is 0 Å². The Morgan fingerprint density at radius 2 is 2.25 bits per heavy atom. The molecule has 1 aromatic carbocycles. The first-order valence-electron chi connectivity index (χ1n) is 3.56. The summed E-state index contributed by atoms with van der Waals surface area (Å²) in [5, 5.41) is 8.44. The van der Waals surface area contributed by atoms with Crippen LogP contribution >= 0.6 is 0 Å². The molecule has 0 atom stereocenters. The highest BCUT2D eigenvalue weighted by molar-refractivity contribution is 5.54. The van der Waals surface area contributed by atoms with Gasteiger partial charge in [0.05, 0.1) is 6.61 Å². The number of halogens is 1. The van der Waals surface area contributed by atoms with Crippen molar-refractivity contribution >= 4 is 11.8 Å². The molecule has 3 N–H and O–H groups in total. The van der Waals surface area contributed by atoms with Gasteiger partial charge in [-0.3, -0.25) is 0 Å². The number of anilines is 1. The van der Waals surface area contributed by atoms with E-state index in [1.807, 2.05) is 0 Å². The van der Waals surface area contributed by atoms with Gasteiger partial charge in [0.25, 0.3) is 0 Å². The van der Waals surface area contributed by atoms with Gasteiger partial charge >= 0.3 is 0 Å². The van der Waals surface area contributed by atoms with E-state index in [9.17, 15) is 4.39 Å². The van der Waals surface area contributed by atoms with E-state index in [-0.39, 0.29) is 12.4 Å². The molecule has 0 aromatic heterocycles. The zero-order chi connectivity index (χ0) is 8.97. The first kappa shape index (κ1) is 8.74. The number of aliphatic hydroxyl groups is 1. The van der Waals surface area contributed by atoms with Gasteiger partial charge in [-0.2, -0.15) is 0 Å². The largest absolute Gasteiger partial charge is 0.399 e. The monoisotopic (exact) mass is 167 g/mol. The van der Waals surface area contributed by atoms with Crippen molar-refractivity contribution in [2.75, 3.05) is 12.3 Å². The van der Waals surface area contributed by atoms with Crippen molar-refractivity contribution in [1.82, 2.24) is 0 Å². The Balaban J connectivity index is 2.94. The maximum absolute atomic E-state index is 13.0. The quantitative estimate of drug-likeness (QED) is 0.654. The van der Waals surface area contributed by atoms with Gasteiger partial charge in [0.1, 0.15) is 5.82 Å². The Morgan fingerprint density at radius 3 is 2.83 bits per heavy atom. The molecule has 0 aliphatic rings.